The van der Waals surface area contributed by atoms with Crippen molar-refractivity contribution in [1.82, 2.24) is 0 Å². The zero-order valence-corrected chi connectivity index (χ0v) is 16.7. The van der Waals surface area contributed by atoms with Gasteiger partial charge in [-0.1, -0.05) is 52.7 Å². The third-order valence-electron chi connectivity index (χ3n) is 9.83. The molecule has 0 nitrogen and oxygen atoms in total. The molecule has 4 aliphatic carbocycles. The fourth-order valence-electron chi connectivity index (χ4n) is 8.29. The highest BCUT2D eigenvalue weighted by molar-refractivity contribution is 5.24. The van der Waals surface area contributed by atoms with Gasteiger partial charge in [0.05, 0.1) is 0 Å². The van der Waals surface area contributed by atoms with Crippen LogP contribution in [0.5, 0.6) is 0 Å². The summed E-state index contributed by atoms with van der Waals surface area (Å²) in [6, 6.07) is 0. The zero-order chi connectivity index (χ0) is 17.1. The highest BCUT2D eigenvalue weighted by Gasteiger charge is 2.60. The molecule has 0 aromatic carbocycles. The van der Waals surface area contributed by atoms with E-state index in [0.717, 1.165) is 35.5 Å². The molecule has 0 saturated heterocycles. The van der Waals surface area contributed by atoms with Crippen molar-refractivity contribution in [2.24, 2.45) is 46.3 Å². The second-order valence-electron chi connectivity index (χ2n) is 10.7. The van der Waals surface area contributed by atoms with E-state index in [2.05, 4.69) is 27.7 Å². The van der Waals surface area contributed by atoms with Crippen molar-refractivity contribution in [1.29, 1.82) is 0 Å². The minimum absolute atomic E-state index is 0.475. The van der Waals surface area contributed by atoms with Gasteiger partial charge in [-0.15, -0.1) is 0 Å². The normalized spacial score (nSPS) is 54.1. The lowest BCUT2D eigenvalue weighted by Gasteiger charge is -2.61. The molecule has 0 heterocycles. The van der Waals surface area contributed by atoms with Crippen LogP contribution in [0.15, 0.2) is 12.2 Å². The number of fused-ring (bicyclic) bond motifs is 5. The van der Waals surface area contributed by atoms with Gasteiger partial charge < -0.3 is 0 Å². The summed E-state index contributed by atoms with van der Waals surface area (Å²) in [4.78, 5) is 0. The fraction of sp³-hybridized carbons (Fsp3) is 0.917. The first kappa shape index (κ1) is 17.2. The molecule has 0 aromatic rings. The first-order valence-electron chi connectivity index (χ1n) is 11.1. The fourth-order valence-corrected chi connectivity index (χ4v) is 8.29. The molecule has 0 aliphatic heterocycles. The smallest absolute Gasteiger partial charge is 0.00597 e. The van der Waals surface area contributed by atoms with E-state index in [1.54, 1.807) is 5.57 Å². The third kappa shape index (κ3) is 2.23. The van der Waals surface area contributed by atoms with Gasteiger partial charge in [0.1, 0.15) is 0 Å². The standard InChI is InChI=1S/C24H40/c1-6-7-18-9-11-21-20-10-8-19-14-16(2)12-13-23(19,4)22(20)15-17(3)24(18,21)5/h16,18-22H,3,6-15H2,1-2,4-5H3/t16-,18?,19?,20?,21?,22?,23?,24?/m1/s1. The predicted molar refractivity (Wildman–Crippen MR) is 104 cm³/mol. The molecule has 4 rings (SSSR count). The Labute approximate surface area is 150 Å². The van der Waals surface area contributed by atoms with Crippen LogP contribution in [0.2, 0.25) is 0 Å². The van der Waals surface area contributed by atoms with Crippen LogP contribution in [0, 0.1) is 46.3 Å². The minimum Gasteiger partial charge on any atom is -0.0993 e. The van der Waals surface area contributed by atoms with Gasteiger partial charge in [0.25, 0.3) is 0 Å². The van der Waals surface area contributed by atoms with Gasteiger partial charge in [0, 0.05) is 0 Å². The molecule has 0 aromatic heterocycles. The van der Waals surface area contributed by atoms with Gasteiger partial charge in [-0.05, 0) is 97.7 Å². The van der Waals surface area contributed by atoms with Crippen LogP contribution in [0.1, 0.15) is 91.9 Å². The summed E-state index contributed by atoms with van der Waals surface area (Å²) in [6.07, 6.45) is 14.7. The van der Waals surface area contributed by atoms with E-state index >= 15 is 0 Å². The molecule has 0 amide bonds. The average molecular weight is 329 g/mol. The monoisotopic (exact) mass is 328 g/mol. The largest absolute Gasteiger partial charge is 0.0993 e. The Kier molecular flexibility index (Phi) is 4.21. The van der Waals surface area contributed by atoms with Gasteiger partial charge >= 0.3 is 0 Å². The van der Waals surface area contributed by atoms with Gasteiger partial charge in [-0.3, -0.25) is 0 Å². The molecule has 24 heavy (non-hydrogen) atoms. The Balaban J connectivity index is 1.64. The van der Waals surface area contributed by atoms with Crippen LogP contribution < -0.4 is 0 Å². The maximum atomic E-state index is 4.74. The Bertz CT molecular complexity index is 504. The summed E-state index contributed by atoms with van der Waals surface area (Å²) >= 11 is 0. The quantitative estimate of drug-likeness (QED) is 0.468. The van der Waals surface area contributed by atoms with Crippen molar-refractivity contribution >= 4 is 0 Å². The van der Waals surface area contributed by atoms with Crippen molar-refractivity contribution in [2.45, 2.75) is 91.9 Å². The van der Waals surface area contributed by atoms with Crippen molar-refractivity contribution in [3.63, 3.8) is 0 Å². The molecule has 8 atom stereocenters. The molecule has 0 radical (unpaired) electrons. The van der Waals surface area contributed by atoms with Crippen LogP contribution in [0.25, 0.3) is 0 Å². The van der Waals surface area contributed by atoms with Gasteiger partial charge in [0.15, 0.2) is 0 Å². The highest BCUT2D eigenvalue weighted by Crippen LogP contribution is 2.69. The molecule has 0 spiro atoms. The van der Waals surface area contributed by atoms with Gasteiger partial charge in [-0.25, -0.2) is 0 Å². The minimum atomic E-state index is 0.475. The van der Waals surface area contributed by atoms with Crippen LogP contribution in [-0.2, 0) is 0 Å². The number of hydrogen-bond donors (Lipinski definition) is 0. The predicted octanol–water partition coefficient (Wildman–Crippen LogP) is 7.25. The Hall–Kier alpha value is -0.260. The van der Waals surface area contributed by atoms with Gasteiger partial charge in [-0.2, -0.15) is 0 Å². The number of hydrogen-bond acceptors (Lipinski definition) is 0. The van der Waals surface area contributed by atoms with E-state index in [0.29, 0.717) is 10.8 Å². The van der Waals surface area contributed by atoms with E-state index in [1.807, 2.05) is 0 Å². The Morgan fingerprint density at radius 1 is 1.04 bits per heavy atom. The topological polar surface area (TPSA) is 0 Å². The highest BCUT2D eigenvalue weighted by atomic mass is 14.6. The van der Waals surface area contributed by atoms with Gasteiger partial charge in [0.2, 0.25) is 0 Å². The SMILES string of the molecule is C=C1CC2C(CCC3C[C@H](C)CCC32C)C2CCC(CCC)C12C. The second-order valence-corrected chi connectivity index (χ2v) is 10.7. The third-order valence-corrected chi connectivity index (χ3v) is 9.83. The average Bonchev–Trinajstić information content (AvgIpc) is 2.88. The summed E-state index contributed by atoms with van der Waals surface area (Å²) in [5.41, 5.74) is 2.76. The molecule has 7 unspecified atom stereocenters. The van der Waals surface area contributed by atoms with E-state index in [9.17, 15) is 0 Å². The van der Waals surface area contributed by atoms with E-state index in [4.69, 9.17) is 6.58 Å². The Morgan fingerprint density at radius 2 is 1.83 bits per heavy atom. The van der Waals surface area contributed by atoms with E-state index in [1.165, 1.54) is 64.2 Å². The lowest BCUT2D eigenvalue weighted by Crippen LogP contribution is -2.54. The summed E-state index contributed by atoms with van der Waals surface area (Å²) in [5.74, 6) is 5.83. The van der Waals surface area contributed by atoms with Crippen molar-refractivity contribution < 1.29 is 0 Å². The summed E-state index contributed by atoms with van der Waals surface area (Å²) in [5, 5.41) is 0. The zero-order valence-electron chi connectivity index (χ0n) is 16.7. The summed E-state index contributed by atoms with van der Waals surface area (Å²) < 4.78 is 0. The maximum absolute atomic E-state index is 4.74. The molecular weight excluding hydrogens is 288 g/mol. The van der Waals surface area contributed by atoms with Crippen molar-refractivity contribution in [3.05, 3.63) is 12.2 Å². The molecular formula is C24H40. The van der Waals surface area contributed by atoms with Crippen LogP contribution in [-0.4, -0.2) is 0 Å². The lowest BCUT2D eigenvalue weighted by molar-refractivity contribution is -0.0962. The summed E-state index contributed by atoms with van der Waals surface area (Å²) in [6.45, 7) is 14.9. The summed E-state index contributed by atoms with van der Waals surface area (Å²) in [7, 11) is 0. The molecule has 0 N–H and O–H groups in total. The Morgan fingerprint density at radius 3 is 2.58 bits per heavy atom. The number of rotatable bonds is 2. The molecule has 0 heteroatoms. The van der Waals surface area contributed by atoms with Crippen LogP contribution >= 0.6 is 0 Å². The van der Waals surface area contributed by atoms with Crippen molar-refractivity contribution in [2.75, 3.05) is 0 Å². The van der Waals surface area contributed by atoms with Crippen LogP contribution in [0.4, 0.5) is 0 Å². The number of allylic oxidation sites excluding steroid dienone is 1. The van der Waals surface area contributed by atoms with E-state index < -0.39 is 0 Å². The lowest BCUT2D eigenvalue weighted by atomic mass is 9.43. The molecule has 4 fully saturated rings. The van der Waals surface area contributed by atoms with E-state index in [-0.39, 0.29) is 0 Å². The first-order chi connectivity index (χ1) is 11.4. The maximum Gasteiger partial charge on any atom is -0.00597 e. The second kappa shape index (κ2) is 5.88. The molecule has 4 aliphatic rings. The first-order valence-corrected chi connectivity index (χ1v) is 11.1. The molecule has 136 valence electrons. The molecule has 4 saturated carbocycles. The van der Waals surface area contributed by atoms with Crippen LogP contribution in [0.3, 0.4) is 0 Å². The molecule has 0 bridgehead atoms. The van der Waals surface area contributed by atoms with Crippen molar-refractivity contribution in [3.8, 4) is 0 Å².